The fourth-order valence-electron chi connectivity index (χ4n) is 2.02. The Kier molecular flexibility index (Phi) is 4.06. The Balaban J connectivity index is 2.30. The number of guanidine groups is 1. The van der Waals surface area contributed by atoms with Crippen LogP contribution in [-0.4, -0.2) is 18.5 Å². The Morgan fingerprint density at radius 1 is 1.54 bits per heavy atom. The van der Waals surface area contributed by atoms with Gasteiger partial charge in [-0.15, -0.1) is 0 Å². The fraction of sp³-hybridized carbons (Fsp3) is 0.900. The average molecular weight is 183 g/mol. The van der Waals surface area contributed by atoms with Gasteiger partial charge in [-0.1, -0.05) is 12.8 Å². The zero-order chi connectivity index (χ0) is 9.68. The fourth-order valence-corrected chi connectivity index (χ4v) is 2.02. The number of nitrogens with zero attached hydrogens (tertiary/aromatic N) is 1. The Morgan fingerprint density at radius 3 is 2.69 bits per heavy atom. The van der Waals surface area contributed by atoms with Gasteiger partial charge in [-0.3, -0.25) is 4.99 Å². The zero-order valence-corrected chi connectivity index (χ0v) is 8.71. The Labute approximate surface area is 80.8 Å². The molecule has 1 unspecified atom stereocenters. The van der Waals surface area contributed by atoms with Crippen molar-refractivity contribution in [3.63, 3.8) is 0 Å². The van der Waals surface area contributed by atoms with Crippen molar-refractivity contribution in [2.24, 2.45) is 16.6 Å². The Morgan fingerprint density at radius 2 is 2.15 bits per heavy atom. The summed E-state index contributed by atoms with van der Waals surface area (Å²) in [4.78, 5) is 4.12. The molecule has 0 aromatic heterocycles. The lowest BCUT2D eigenvalue weighted by Gasteiger charge is -2.20. The minimum absolute atomic E-state index is 0.484. The van der Waals surface area contributed by atoms with E-state index < -0.39 is 0 Å². The number of nitrogens with two attached hydrogens (primary N) is 1. The van der Waals surface area contributed by atoms with Gasteiger partial charge in [0, 0.05) is 12.6 Å². The minimum Gasteiger partial charge on any atom is -0.370 e. The van der Waals surface area contributed by atoms with Gasteiger partial charge in [0.2, 0.25) is 0 Å². The van der Waals surface area contributed by atoms with Crippen molar-refractivity contribution in [1.29, 1.82) is 0 Å². The van der Waals surface area contributed by atoms with E-state index in [9.17, 15) is 0 Å². The SMILES string of the molecule is CCN=C(N)NC(C)C1CCCC1. The molecule has 1 fully saturated rings. The van der Waals surface area contributed by atoms with Crippen LogP contribution in [0.2, 0.25) is 0 Å². The monoisotopic (exact) mass is 183 g/mol. The van der Waals surface area contributed by atoms with E-state index in [1.54, 1.807) is 0 Å². The summed E-state index contributed by atoms with van der Waals surface area (Å²) in [7, 11) is 0. The highest BCUT2D eigenvalue weighted by Gasteiger charge is 2.21. The maximum atomic E-state index is 5.69. The summed E-state index contributed by atoms with van der Waals surface area (Å²) < 4.78 is 0. The molecule has 0 aliphatic heterocycles. The molecular formula is C10H21N3. The van der Waals surface area contributed by atoms with Crippen molar-refractivity contribution in [3.8, 4) is 0 Å². The third-order valence-corrected chi connectivity index (χ3v) is 2.81. The highest BCUT2D eigenvalue weighted by Crippen LogP contribution is 2.27. The molecule has 0 radical (unpaired) electrons. The topological polar surface area (TPSA) is 50.4 Å². The predicted molar refractivity (Wildman–Crippen MR) is 56.7 cm³/mol. The van der Waals surface area contributed by atoms with Crippen LogP contribution in [0, 0.1) is 5.92 Å². The molecule has 0 aromatic carbocycles. The Bertz CT molecular complexity index is 171. The van der Waals surface area contributed by atoms with E-state index in [1.165, 1.54) is 25.7 Å². The van der Waals surface area contributed by atoms with Crippen molar-refractivity contribution in [3.05, 3.63) is 0 Å². The number of rotatable bonds is 3. The van der Waals surface area contributed by atoms with E-state index in [2.05, 4.69) is 17.2 Å². The van der Waals surface area contributed by atoms with Crippen LogP contribution in [0.25, 0.3) is 0 Å². The molecule has 0 amide bonds. The second-order valence-electron chi connectivity index (χ2n) is 3.84. The molecule has 0 bridgehead atoms. The van der Waals surface area contributed by atoms with Crippen molar-refractivity contribution >= 4 is 5.96 Å². The van der Waals surface area contributed by atoms with Gasteiger partial charge in [0.15, 0.2) is 5.96 Å². The van der Waals surface area contributed by atoms with Gasteiger partial charge in [-0.05, 0) is 32.6 Å². The first kappa shape index (κ1) is 10.4. The molecule has 3 N–H and O–H groups in total. The molecule has 0 aromatic rings. The molecule has 1 aliphatic carbocycles. The molecule has 3 heteroatoms. The Hall–Kier alpha value is -0.730. The number of hydrogen-bond donors (Lipinski definition) is 2. The van der Waals surface area contributed by atoms with Crippen molar-refractivity contribution < 1.29 is 0 Å². The van der Waals surface area contributed by atoms with Gasteiger partial charge < -0.3 is 11.1 Å². The normalized spacial score (nSPS) is 21.8. The number of aliphatic imine (C=N–C) groups is 1. The summed E-state index contributed by atoms with van der Waals surface area (Å²) in [6, 6.07) is 0.484. The number of nitrogens with one attached hydrogen (secondary N) is 1. The van der Waals surface area contributed by atoms with Crippen LogP contribution < -0.4 is 11.1 Å². The smallest absolute Gasteiger partial charge is 0.188 e. The lowest BCUT2D eigenvalue weighted by Crippen LogP contribution is -2.41. The molecule has 1 atom stereocenters. The van der Waals surface area contributed by atoms with Crippen molar-refractivity contribution in [1.82, 2.24) is 5.32 Å². The summed E-state index contributed by atoms with van der Waals surface area (Å²) >= 11 is 0. The molecule has 3 nitrogen and oxygen atoms in total. The summed E-state index contributed by atoms with van der Waals surface area (Å²) in [5.74, 6) is 1.40. The van der Waals surface area contributed by atoms with Gasteiger partial charge in [0.25, 0.3) is 0 Å². The van der Waals surface area contributed by atoms with Gasteiger partial charge in [-0.2, -0.15) is 0 Å². The van der Waals surface area contributed by atoms with Crippen LogP contribution in [0.4, 0.5) is 0 Å². The molecular weight excluding hydrogens is 162 g/mol. The van der Waals surface area contributed by atoms with Crippen molar-refractivity contribution in [2.75, 3.05) is 6.54 Å². The third kappa shape index (κ3) is 3.25. The van der Waals surface area contributed by atoms with E-state index in [4.69, 9.17) is 5.73 Å². The second kappa shape index (κ2) is 5.10. The number of hydrogen-bond acceptors (Lipinski definition) is 1. The molecule has 1 rings (SSSR count). The summed E-state index contributed by atoms with van der Waals surface area (Å²) in [6.45, 7) is 4.96. The first-order valence-electron chi connectivity index (χ1n) is 5.30. The molecule has 1 saturated carbocycles. The molecule has 0 spiro atoms. The summed E-state index contributed by atoms with van der Waals surface area (Å²) in [6.07, 6.45) is 5.43. The minimum atomic E-state index is 0.484. The molecule has 1 aliphatic rings. The largest absolute Gasteiger partial charge is 0.370 e. The van der Waals surface area contributed by atoms with Crippen LogP contribution in [0.5, 0.6) is 0 Å². The summed E-state index contributed by atoms with van der Waals surface area (Å²) in [5.41, 5.74) is 5.69. The van der Waals surface area contributed by atoms with E-state index >= 15 is 0 Å². The molecule has 0 saturated heterocycles. The molecule has 13 heavy (non-hydrogen) atoms. The van der Waals surface area contributed by atoms with Crippen molar-refractivity contribution in [2.45, 2.75) is 45.6 Å². The molecule has 76 valence electrons. The highest BCUT2D eigenvalue weighted by atomic mass is 15.1. The first-order chi connectivity index (χ1) is 6.24. The van der Waals surface area contributed by atoms with Gasteiger partial charge in [-0.25, -0.2) is 0 Å². The van der Waals surface area contributed by atoms with Gasteiger partial charge >= 0.3 is 0 Å². The average Bonchev–Trinajstić information content (AvgIpc) is 2.55. The van der Waals surface area contributed by atoms with E-state index in [0.29, 0.717) is 12.0 Å². The quantitative estimate of drug-likeness (QED) is 0.514. The van der Waals surface area contributed by atoms with E-state index in [1.807, 2.05) is 6.92 Å². The molecule has 0 heterocycles. The predicted octanol–water partition coefficient (Wildman–Crippen LogP) is 1.49. The van der Waals surface area contributed by atoms with E-state index in [0.717, 1.165) is 12.5 Å². The van der Waals surface area contributed by atoms with Crippen LogP contribution in [0.1, 0.15) is 39.5 Å². The van der Waals surface area contributed by atoms with Crippen LogP contribution >= 0.6 is 0 Å². The van der Waals surface area contributed by atoms with Crippen LogP contribution in [0.3, 0.4) is 0 Å². The maximum absolute atomic E-state index is 5.69. The van der Waals surface area contributed by atoms with Gasteiger partial charge in [0.1, 0.15) is 0 Å². The van der Waals surface area contributed by atoms with E-state index in [-0.39, 0.29) is 0 Å². The lowest BCUT2D eigenvalue weighted by atomic mass is 10.0. The third-order valence-electron chi connectivity index (χ3n) is 2.81. The standard InChI is InChI=1S/C10H21N3/c1-3-12-10(11)13-8(2)9-6-4-5-7-9/h8-9H,3-7H2,1-2H3,(H3,11,12,13). The second-order valence-corrected chi connectivity index (χ2v) is 3.84. The maximum Gasteiger partial charge on any atom is 0.188 e. The van der Waals surface area contributed by atoms with Gasteiger partial charge in [0.05, 0.1) is 0 Å². The summed E-state index contributed by atoms with van der Waals surface area (Å²) in [5, 5.41) is 3.25. The highest BCUT2D eigenvalue weighted by molar-refractivity contribution is 5.78. The zero-order valence-electron chi connectivity index (χ0n) is 8.71. The lowest BCUT2D eigenvalue weighted by molar-refractivity contribution is 0.425. The van der Waals surface area contributed by atoms with Crippen LogP contribution in [-0.2, 0) is 0 Å². The van der Waals surface area contributed by atoms with Crippen LogP contribution in [0.15, 0.2) is 4.99 Å². The first-order valence-corrected chi connectivity index (χ1v) is 5.30.